The molecule has 1 aliphatic rings. The van der Waals surface area contributed by atoms with Gasteiger partial charge in [0.15, 0.2) is 5.78 Å². The second kappa shape index (κ2) is 6.75. The molecule has 1 aromatic carbocycles. The van der Waals surface area contributed by atoms with E-state index in [1.165, 1.54) is 0 Å². The van der Waals surface area contributed by atoms with Gasteiger partial charge in [-0.15, -0.1) is 13.2 Å². The lowest BCUT2D eigenvalue weighted by molar-refractivity contribution is -0.274. The number of benzene rings is 1. The highest BCUT2D eigenvalue weighted by molar-refractivity contribution is 6.15. The lowest BCUT2D eigenvalue weighted by Gasteiger charge is -2.46. The highest BCUT2D eigenvalue weighted by atomic mass is 19.4. The molecule has 1 aromatic rings. The van der Waals surface area contributed by atoms with Crippen LogP contribution in [0.1, 0.15) is 31.1 Å². The van der Waals surface area contributed by atoms with E-state index in [2.05, 4.69) is 4.74 Å². The molecule has 0 radical (unpaired) electrons. The number of ether oxygens (including phenoxy) is 2. The Kier molecular flexibility index (Phi) is 5.13. The summed E-state index contributed by atoms with van der Waals surface area (Å²) in [7, 11) is 0. The van der Waals surface area contributed by atoms with Crippen LogP contribution in [0.4, 0.5) is 18.0 Å². The van der Waals surface area contributed by atoms with Crippen LogP contribution in [-0.2, 0) is 9.53 Å². The van der Waals surface area contributed by atoms with Gasteiger partial charge in [-0.3, -0.25) is 9.59 Å². The van der Waals surface area contributed by atoms with Gasteiger partial charge >= 0.3 is 12.5 Å². The van der Waals surface area contributed by atoms with Gasteiger partial charge in [0.05, 0.1) is 0 Å². The molecule has 1 fully saturated rings. The van der Waals surface area contributed by atoms with E-state index >= 15 is 0 Å². The molecule has 2 amide bonds. The largest absolute Gasteiger partial charge is 0.573 e. The maximum atomic E-state index is 12.7. The Morgan fingerprint density at radius 3 is 2.00 bits per heavy atom. The molecular weight excluding hydrogens is 369 g/mol. The Morgan fingerprint density at radius 1 is 1.07 bits per heavy atom. The van der Waals surface area contributed by atoms with Crippen LogP contribution < -0.4 is 10.5 Å². The summed E-state index contributed by atoms with van der Waals surface area (Å²) in [5, 5.41) is 0. The van der Waals surface area contributed by atoms with E-state index < -0.39 is 40.9 Å². The Balaban J connectivity index is 2.13. The molecule has 1 saturated heterocycles. The first-order valence-corrected chi connectivity index (χ1v) is 7.92. The molecule has 27 heavy (non-hydrogen) atoms. The number of hydrogen-bond donors (Lipinski definition) is 1. The predicted octanol–water partition coefficient (Wildman–Crippen LogP) is 2.49. The molecule has 0 bridgehead atoms. The Labute approximate surface area is 153 Å². The summed E-state index contributed by atoms with van der Waals surface area (Å²) in [4.78, 5) is 37.7. The summed E-state index contributed by atoms with van der Waals surface area (Å²) < 4.78 is 45.5. The fraction of sp³-hybridized carbons (Fsp3) is 0.471. The fourth-order valence-electron chi connectivity index (χ4n) is 2.56. The van der Waals surface area contributed by atoms with Gasteiger partial charge in [-0.05, 0) is 45.0 Å². The molecule has 0 atom stereocenters. The van der Waals surface area contributed by atoms with E-state index in [0.717, 1.165) is 29.2 Å². The molecular formula is C17H19F3N2O5. The van der Waals surface area contributed by atoms with Gasteiger partial charge in [0, 0.05) is 18.7 Å². The van der Waals surface area contributed by atoms with Crippen LogP contribution >= 0.6 is 0 Å². The quantitative estimate of drug-likeness (QED) is 0.631. The topological polar surface area (TPSA) is 98.9 Å². The third-order valence-electron chi connectivity index (χ3n) is 3.83. The lowest BCUT2D eigenvalue weighted by atomic mass is 9.73. The van der Waals surface area contributed by atoms with Crippen molar-refractivity contribution >= 4 is 17.8 Å². The molecule has 10 heteroatoms. The molecule has 0 unspecified atom stereocenters. The van der Waals surface area contributed by atoms with Gasteiger partial charge in [0.25, 0.3) is 0 Å². The molecule has 0 saturated carbocycles. The molecule has 2 N–H and O–H groups in total. The third kappa shape index (κ3) is 4.69. The number of hydrogen-bond acceptors (Lipinski definition) is 5. The van der Waals surface area contributed by atoms with Crippen LogP contribution in [0.2, 0.25) is 0 Å². The smallest absolute Gasteiger partial charge is 0.444 e. The third-order valence-corrected chi connectivity index (χ3v) is 3.83. The zero-order chi connectivity index (χ0) is 20.6. The molecule has 7 nitrogen and oxygen atoms in total. The van der Waals surface area contributed by atoms with Crippen molar-refractivity contribution in [3.63, 3.8) is 0 Å². The van der Waals surface area contributed by atoms with Crippen molar-refractivity contribution < 1.29 is 37.0 Å². The van der Waals surface area contributed by atoms with Crippen molar-refractivity contribution in [2.45, 2.75) is 32.7 Å². The van der Waals surface area contributed by atoms with Gasteiger partial charge in [-0.25, -0.2) is 4.79 Å². The summed E-state index contributed by atoms with van der Waals surface area (Å²) in [5.74, 6) is -2.12. The summed E-state index contributed by atoms with van der Waals surface area (Å²) in [5.41, 5.74) is 2.94. The summed E-state index contributed by atoms with van der Waals surface area (Å²) in [6.45, 7) is 4.47. The zero-order valence-electron chi connectivity index (χ0n) is 14.9. The van der Waals surface area contributed by atoms with Crippen LogP contribution in [0.15, 0.2) is 24.3 Å². The Bertz CT molecular complexity index is 747. The Hall–Kier alpha value is -2.78. The van der Waals surface area contributed by atoms with Crippen molar-refractivity contribution in [2.24, 2.45) is 11.1 Å². The normalized spacial score (nSPS) is 16.3. The second-order valence-corrected chi connectivity index (χ2v) is 7.18. The SMILES string of the molecule is CC(C)(C)OC(=O)N1CC(C(N)=O)(C(=O)c2ccc(OC(F)(F)F)cc2)C1. The van der Waals surface area contributed by atoms with Crippen molar-refractivity contribution in [3.05, 3.63) is 29.8 Å². The van der Waals surface area contributed by atoms with Crippen LogP contribution in [-0.4, -0.2) is 47.7 Å². The number of alkyl halides is 3. The van der Waals surface area contributed by atoms with Crippen LogP contribution in [0.3, 0.4) is 0 Å². The van der Waals surface area contributed by atoms with Crippen LogP contribution in [0.25, 0.3) is 0 Å². The van der Waals surface area contributed by atoms with Crippen molar-refractivity contribution in [1.29, 1.82) is 0 Å². The number of nitrogens with zero attached hydrogens (tertiary/aromatic N) is 1. The molecule has 1 aliphatic heterocycles. The average molecular weight is 388 g/mol. The molecule has 0 spiro atoms. The first kappa shape index (κ1) is 20.5. The van der Waals surface area contributed by atoms with E-state index in [0.29, 0.717) is 0 Å². The first-order chi connectivity index (χ1) is 12.2. The van der Waals surface area contributed by atoms with Gasteiger partial charge in [-0.1, -0.05) is 0 Å². The molecule has 2 rings (SSSR count). The number of rotatable bonds is 4. The minimum absolute atomic E-state index is 0.0211. The maximum absolute atomic E-state index is 12.7. The number of nitrogens with two attached hydrogens (primary N) is 1. The van der Waals surface area contributed by atoms with Crippen molar-refractivity contribution in [2.75, 3.05) is 13.1 Å². The van der Waals surface area contributed by atoms with Crippen LogP contribution in [0.5, 0.6) is 5.75 Å². The summed E-state index contributed by atoms with van der Waals surface area (Å²) in [6, 6.07) is 4.12. The number of carbonyl (C=O) groups excluding carboxylic acids is 3. The number of halogens is 3. The number of likely N-dealkylation sites (tertiary alicyclic amines) is 1. The minimum Gasteiger partial charge on any atom is -0.444 e. The molecule has 0 aliphatic carbocycles. The number of carbonyl (C=O) groups is 3. The molecule has 0 aromatic heterocycles. The number of Topliss-reactive ketones (excluding diaryl/α,β-unsaturated/α-hetero) is 1. The first-order valence-electron chi connectivity index (χ1n) is 7.92. The van der Waals surface area contributed by atoms with Gasteiger partial charge in [-0.2, -0.15) is 0 Å². The van der Waals surface area contributed by atoms with E-state index in [4.69, 9.17) is 10.5 Å². The van der Waals surface area contributed by atoms with E-state index in [9.17, 15) is 27.6 Å². The zero-order valence-corrected chi connectivity index (χ0v) is 14.9. The Morgan fingerprint density at radius 2 is 1.59 bits per heavy atom. The standard InChI is InChI=1S/C17H19F3N2O5/c1-15(2,3)27-14(25)22-8-16(9-22,13(21)24)12(23)10-4-6-11(7-5-10)26-17(18,19)20/h4-7H,8-9H2,1-3H3,(H2,21,24). The second-order valence-electron chi connectivity index (χ2n) is 7.18. The van der Waals surface area contributed by atoms with Gasteiger partial charge in [0.2, 0.25) is 5.91 Å². The van der Waals surface area contributed by atoms with E-state index in [-0.39, 0.29) is 18.7 Å². The van der Waals surface area contributed by atoms with E-state index in [1.807, 2.05) is 0 Å². The number of ketones is 1. The van der Waals surface area contributed by atoms with Gasteiger partial charge in [0.1, 0.15) is 16.8 Å². The monoisotopic (exact) mass is 388 g/mol. The maximum Gasteiger partial charge on any atom is 0.573 e. The average Bonchev–Trinajstić information content (AvgIpc) is 2.42. The van der Waals surface area contributed by atoms with Crippen molar-refractivity contribution in [1.82, 2.24) is 4.90 Å². The minimum atomic E-state index is -4.86. The highest BCUT2D eigenvalue weighted by Gasteiger charge is 2.56. The summed E-state index contributed by atoms with van der Waals surface area (Å²) >= 11 is 0. The van der Waals surface area contributed by atoms with Gasteiger partial charge < -0.3 is 20.1 Å². The predicted molar refractivity (Wildman–Crippen MR) is 86.9 cm³/mol. The number of primary amides is 1. The summed E-state index contributed by atoms with van der Waals surface area (Å²) in [6.07, 6.45) is -5.55. The van der Waals surface area contributed by atoms with E-state index in [1.54, 1.807) is 20.8 Å². The fourth-order valence-corrected chi connectivity index (χ4v) is 2.56. The highest BCUT2D eigenvalue weighted by Crippen LogP contribution is 2.35. The van der Waals surface area contributed by atoms with Crippen LogP contribution in [0, 0.1) is 5.41 Å². The molecule has 1 heterocycles. The lowest BCUT2D eigenvalue weighted by Crippen LogP contribution is -2.67. The molecule has 148 valence electrons. The number of amides is 2. The van der Waals surface area contributed by atoms with Crippen molar-refractivity contribution in [3.8, 4) is 5.75 Å².